The minimum absolute atomic E-state index is 0.00101. The van der Waals surface area contributed by atoms with Crippen LogP contribution >= 0.6 is 0 Å². The van der Waals surface area contributed by atoms with Crippen LogP contribution in [0.4, 0.5) is 0 Å². The fourth-order valence-corrected chi connectivity index (χ4v) is 2.21. The van der Waals surface area contributed by atoms with Gasteiger partial charge in [0.2, 0.25) is 11.8 Å². The van der Waals surface area contributed by atoms with Crippen molar-refractivity contribution < 1.29 is 9.59 Å². The van der Waals surface area contributed by atoms with Crippen molar-refractivity contribution in [2.45, 2.75) is 33.2 Å². The van der Waals surface area contributed by atoms with Gasteiger partial charge in [-0.15, -0.1) is 0 Å². The summed E-state index contributed by atoms with van der Waals surface area (Å²) in [5.74, 6) is -0.00936. The van der Waals surface area contributed by atoms with Crippen LogP contribution in [0.3, 0.4) is 0 Å². The fourth-order valence-electron chi connectivity index (χ4n) is 2.21. The summed E-state index contributed by atoms with van der Waals surface area (Å²) in [7, 11) is 4.02. The first-order chi connectivity index (χ1) is 10.9. The van der Waals surface area contributed by atoms with E-state index in [0.717, 1.165) is 18.5 Å². The molecule has 1 aromatic rings. The van der Waals surface area contributed by atoms with E-state index in [2.05, 4.69) is 10.2 Å². The number of nitrogens with zero attached hydrogens (tertiary/aromatic N) is 2. The Bertz CT molecular complexity index is 497. The minimum atomic E-state index is -0.00835. The molecule has 1 rings (SSSR count). The van der Waals surface area contributed by atoms with Crippen molar-refractivity contribution in [3.05, 3.63) is 35.4 Å². The summed E-state index contributed by atoms with van der Waals surface area (Å²) in [6.45, 7) is 6.20. The monoisotopic (exact) mass is 319 g/mol. The number of benzene rings is 1. The van der Waals surface area contributed by atoms with Gasteiger partial charge in [0.15, 0.2) is 0 Å². The maximum absolute atomic E-state index is 11.8. The number of carbonyl (C=O) groups excluding carboxylic acids is 2. The Morgan fingerprint density at radius 1 is 1.09 bits per heavy atom. The molecule has 0 radical (unpaired) electrons. The highest BCUT2D eigenvalue weighted by atomic mass is 16.2. The first-order valence-electron chi connectivity index (χ1n) is 8.11. The molecule has 0 atom stereocenters. The van der Waals surface area contributed by atoms with Crippen LogP contribution < -0.4 is 5.32 Å². The third-order valence-corrected chi connectivity index (χ3v) is 3.65. The molecule has 5 nitrogen and oxygen atoms in total. The van der Waals surface area contributed by atoms with E-state index in [1.165, 1.54) is 5.56 Å². The number of carbonyl (C=O) groups is 2. The molecule has 128 valence electrons. The summed E-state index contributed by atoms with van der Waals surface area (Å²) in [5, 5.41) is 2.90. The van der Waals surface area contributed by atoms with Crippen molar-refractivity contribution in [2.24, 2.45) is 0 Å². The molecule has 0 aliphatic heterocycles. The number of hydrogen-bond acceptors (Lipinski definition) is 3. The maximum Gasteiger partial charge on any atom is 0.221 e. The van der Waals surface area contributed by atoms with Crippen molar-refractivity contribution in [1.82, 2.24) is 15.1 Å². The first-order valence-corrected chi connectivity index (χ1v) is 8.11. The molecule has 0 aromatic heterocycles. The van der Waals surface area contributed by atoms with E-state index < -0.39 is 0 Å². The number of hydrogen-bond donors (Lipinski definition) is 1. The summed E-state index contributed by atoms with van der Waals surface area (Å²) in [6.07, 6.45) is 1.27. The maximum atomic E-state index is 11.8. The van der Waals surface area contributed by atoms with Crippen molar-refractivity contribution in [1.29, 1.82) is 0 Å². The molecule has 0 bridgehead atoms. The molecule has 0 saturated carbocycles. The van der Waals surface area contributed by atoms with E-state index in [-0.39, 0.29) is 11.8 Å². The zero-order valence-corrected chi connectivity index (χ0v) is 14.8. The Morgan fingerprint density at radius 2 is 1.74 bits per heavy atom. The minimum Gasteiger partial charge on any atom is -0.356 e. The van der Waals surface area contributed by atoms with Gasteiger partial charge in [-0.1, -0.05) is 29.8 Å². The highest BCUT2D eigenvalue weighted by Gasteiger charge is 2.11. The predicted octanol–water partition coefficient (Wildman–Crippen LogP) is 1.80. The average Bonchev–Trinajstić information content (AvgIpc) is 2.49. The third-order valence-electron chi connectivity index (χ3n) is 3.65. The van der Waals surface area contributed by atoms with Crippen LogP contribution in [0.25, 0.3) is 0 Å². The molecular weight excluding hydrogens is 290 g/mol. The summed E-state index contributed by atoms with van der Waals surface area (Å²) in [5.41, 5.74) is 2.28. The average molecular weight is 319 g/mol. The summed E-state index contributed by atoms with van der Waals surface area (Å²) in [6, 6.07) is 8.11. The molecule has 2 amide bonds. The van der Waals surface area contributed by atoms with E-state index in [1.807, 2.05) is 45.3 Å². The molecule has 0 aliphatic rings. The molecule has 0 saturated heterocycles. The topological polar surface area (TPSA) is 52.7 Å². The Labute approximate surface area is 139 Å². The molecular formula is C18H29N3O2. The number of aryl methyl sites for hydroxylation is 1. The lowest BCUT2D eigenvalue weighted by Gasteiger charge is -2.21. The second kappa shape index (κ2) is 10.0. The molecule has 0 aliphatic carbocycles. The van der Waals surface area contributed by atoms with Gasteiger partial charge in [0.05, 0.1) is 0 Å². The molecule has 1 aromatic carbocycles. The summed E-state index contributed by atoms with van der Waals surface area (Å²) < 4.78 is 0. The Hall–Kier alpha value is -1.88. The van der Waals surface area contributed by atoms with E-state index in [0.29, 0.717) is 26.1 Å². The Balaban J connectivity index is 2.37. The zero-order valence-electron chi connectivity index (χ0n) is 14.8. The lowest BCUT2D eigenvalue weighted by Crippen LogP contribution is -2.34. The number of rotatable bonds is 9. The zero-order chi connectivity index (χ0) is 17.2. The fraction of sp³-hybridized carbons (Fsp3) is 0.556. The summed E-state index contributed by atoms with van der Waals surface area (Å²) >= 11 is 0. The van der Waals surface area contributed by atoms with Gasteiger partial charge in [0, 0.05) is 33.0 Å². The molecule has 0 fully saturated rings. The van der Waals surface area contributed by atoms with Gasteiger partial charge in [-0.3, -0.25) is 9.59 Å². The van der Waals surface area contributed by atoms with Gasteiger partial charge >= 0.3 is 0 Å². The van der Waals surface area contributed by atoms with Crippen LogP contribution in [0.2, 0.25) is 0 Å². The van der Waals surface area contributed by atoms with Crippen molar-refractivity contribution >= 4 is 11.8 Å². The van der Waals surface area contributed by atoms with Gasteiger partial charge in [-0.2, -0.15) is 0 Å². The van der Waals surface area contributed by atoms with Gasteiger partial charge in [-0.05, 0) is 39.5 Å². The van der Waals surface area contributed by atoms with E-state index in [4.69, 9.17) is 0 Å². The normalized spacial score (nSPS) is 10.7. The van der Waals surface area contributed by atoms with Gasteiger partial charge in [0.25, 0.3) is 0 Å². The van der Waals surface area contributed by atoms with Crippen molar-refractivity contribution in [2.75, 3.05) is 33.7 Å². The second-order valence-electron chi connectivity index (χ2n) is 6.18. The lowest BCUT2D eigenvalue weighted by molar-refractivity contribution is -0.130. The molecule has 0 spiro atoms. The van der Waals surface area contributed by atoms with Gasteiger partial charge in [-0.25, -0.2) is 0 Å². The quantitative estimate of drug-likeness (QED) is 0.706. The van der Waals surface area contributed by atoms with Crippen molar-refractivity contribution in [3.8, 4) is 0 Å². The largest absolute Gasteiger partial charge is 0.356 e. The number of nitrogens with one attached hydrogen (secondary N) is 1. The Morgan fingerprint density at radius 3 is 2.30 bits per heavy atom. The van der Waals surface area contributed by atoms with E-state index in [9.17, 15) is 9.59 Å². The van der Waals surface area contributed by atoms with Crippen LogP contribution in [0.5, 0.6) is 0 Å². The van der Waals surface area contributed by atoms with Crippen LogP contribution in [0.1, 0.15) is 30.9 Å². The molecule has 0 unspecified atom stereocenters. The predicted molar refractivity (Wildman–Crippen MR) is 93.1 cm³/mol. The highest BCUT2D eigenvalue weighted by molar-refractivity contribution is 5.78. The molecule has 5 heteroatoms. The highest BCUT2D eigenvalue weighted by Crippen LogP contribution is 2.08. The summed E-state index contributed by atoms with van der Waals surface area (Å²) in [4.78, 5) is 27.4. The van der Waals surface area contributed by atoms with Crippen LogP contribution in [-0.2, 0) is 16.1 Å². The van der Waals surface area contributed by atoms with Gasteiger partial charge < -0.3 is 15.1 Å². The second-order valence-corrected chi connectivity index (χ2v) is 6.18. The van der Waals surface area contributed by atoms with Crippen molar-refractivity contribution in [3.63, 3.8) is 0 Å². The SMILES string of the molecule is CC(=O)N(CCC(=O)NCCCN(C)C)Cc1ccc(C)cc1. The Kier molecular flexibility index (Phi) is 8.33. The first kappa shape index (κ1) is 19.2. The lowest BCUT2D eigenvalue weighted by atomic mass is 10.1. The molecule has 0 heterocycles. The van der Waals surface area contributed by atoms with Crippen LogP contribution in [0, 0.1) is 6.92 Å². The third kappa shape index (κ3) is 8.35. The van der Waals surface area contributed by atoms with Crippen LogP contribution in [0.15, 0.2) is 24.3 Å². The van der Waals surface area contributed by atoms with Gasteiger partial charge in [0.1, 0.15) is 0 Å². The van der Waals surface area contributed by atoms with Crippen LogP contribution in [-0.4, -0.2) is 55.3 Å². The smallest absolute Gasteiger partial charge is 0.221 e. The standard InChI is InChI=1S/C18H29N3O2/c1-15-6-8-17(9-7-15)14-21(16(2)22)13-10-18(23)19-11-5-12-20(3)4/h6-9H,5,10-14H2,1-4H3,(H,19,23). The molecule has 23 heavy (non-hydrogen) atoms. The number of amides is 2. The van der Waals surface area contributed by atoms with E-state index >= 15 is 0 Å². The molecule has 1 N–H and O–H groups in total. The van der Waals surface area contributed by atoms with E-state index in [1.54, 1.807) is 11.8 Å².